The number of carbonyl (C=O) groups excluding carboxylic acids is 2. The third-order valence-electron chi connectivity index (χ3n) is 4.13. The topological polar surface area (TPSA) is 74.0 Å². The predicted molar refractivity (Wildman–Crippen MR) is 90.6 cm³/mol. The summed E-state index contributed by atoms with van der Waals surface area (Å²) in [6.45, 7) is 6.57. The van der Waals surface area contributed by atoms with Gasteiger partial charge in [-0.25, -0.2) is 0 Å². The molecule has 1 aromatic heterocycles. The van der Waals surface area contributed by atoms with Crippen molar-refractivity contribution in [3.63, 3.8) is 0 Å². The van der Waals surface area contributed by atoms with Gasteiger partial charge >= 0.3 is 0 Å². The van der Waals surface area contributed by atoms with Crippen LogP contribution in [0.4, 0.5) is 0 Å². The van der Waals surface area contributed by atoms with Crippen molar-refractivity contribution in [1.29, 1.82) is 0 Å². The lowest BCUT2D eigenvalue weighted by atomic mass is 9.94. The minimum Gasteiger partial charge on any atom is -0.503 e. The molecular weight excluding hydrogens is 308 g/mol. The zero-order valence-corrected chi connectivity index (χ0v) is 15.0. The normalized spacial score (nSPS) is 18.4. The maximum Gasteiger partial charge on any atom is 0.290 e. The molecule has 1 N–H and O–H groups in total. The summed E-state index contributed by atoms with van der Waals surface area (Å²) in [5.41, 5.74) is 0.147. The van der Waals surface area contributed by atoms with Crippen LogP contribution in [0.3, 0.4) is 0 Å². The molecule has 0 aliphatic carbocycles. The van der Waals surface area contributed by atoms with Crippen LogP contribution in [0.2, 0.25) is 0 Å². The Bertz CT molecular complexity index is 658. The Balaban J connectivity index is 2.37. The van der Waals surface area contributed by atoms with E-state index in [-0.39, 0.29) is 17.3 Å². The van der Waals surface area contributed by atoms with Gasteiger partial charge in [0.2, 0.25) is 0 Å². The van der Waals surface area contributed by atoms with Crippen LogP contribution in [0, 0.1) is 12.8 Å². The van der Waals surface area contributed by atoms with Crippen molar-refractivity contribution in [1.82, 2.24) is 9.80 Å². The van der Waals surface area contributed by atoms with Crippen molar-refractivity contribution in [2.24, 2.45) is 5.92 Å². The van der Waals surface area contributed by atoms with Gasteiger partial charge in [0.25, 0.3) is 5.91 Å². The largest absolute Gasteiger partial charge is 0.503 e. The van der Waals surface area contributed by atoms with E-state index in [0.717, 1.165) is 13.0 Å². The lowest BCUT2D eigenvalue weighted by molar-refractivity contribution is -0.129. The number of aliphatic hydroxyl groups is 1. The summed E-state index contributed by atoms with van der Waals surface area (Å²) in [4.78, 5) is 28.7. The second-order valence-electron chi connectivity index (χ2n) is 6.79. The zero-order chi connectivity index (χ0) is 18.0. The molecule has 1 aromatic rings. The molecule has 1 unspecified atom stereocenters. The number of aryl methyl sites for hydroxylation is 1. The minimum atomic E-state index is -0.650. The molecule has 0 spiro atoms. The Morgan fingerprint density at radius 2 is 2.04 bits per heavy atom. The Kier molecular flexibility index (Phi) is 5.49. The third kappa shape index (κ3) is 3.53. The summed E-state index contributed by atoms with van der Waals surface area (Å²) in [6, 6.07) is 2.91. The highest BCUT2D eigenvalue weighted by atomic mass is 16.3. The molecule has 0 aromatic carbocycles. The van der Waals surface area contributed by atoms with Crippen molar-refractivity contribution < 1.29 is 19.1 Å². The van der Waals surface area contributed by atoms with Crippen molar-refractivity contribution in [2.75, 3.05) is 27.2 Å². The number of rotatable bonds is 7. The van der Waals surface area contributed by atoms with Gasteiger partial charge in [-0.2, -0.15) is 0 Å². The molecule has 6 nitrogen and oxygen atoms in total. The van der Waals surface area contributed by atoms with Crippen LogP contribution in [-0.2, 0) is 9.59 Å². The molecule has 24 heavy (non-hydrogen) atoms. The number of ketones is 1. The van der Waals surface area contributed by atoms with E-state index in [9.17, 15) is 14.7 Å². The van der Waals surface area contributed by atoms with Crippen LogP contribution >= 0.6 is 0 Å². The highest BCUT2D eigenvalue weighted by Crippen LogP contribution is 2.39. The maximum atomic E-state index is 12.6. The van der Waals surface area contributed by atoms with Crippen LogP contribution in [0.1, 0.15) is 37.8 Å². The van der Waals surface area contributed by atoms with Crippen LogP contribution < -0.4 is 0 Å². The molecule has 0 saturated carbocycles. The first kappa shape index (κ1) is 18.3. The molecular formula is C18H26N2O4. The summed E-state index contributed by atoms with van der Waals surface area (Å²) in [5, 5.41) is 10.3. The molecule has 0 saturated heterocycles. The van der Waals surface area contributed by atoms with Gasteiger partial charge in [0, 0.05) is 12.5 Å². The Labute approximate surface area is 142 Å². The molecule has 2 heterocycles. The van der Waals surface area contributed by atoms with Crippen LogP contribution in [0.5, 0.6) is 0 Å². The summed E-state index contributed by atoms with van der Waals surface area (Å²) in [5.74, 6) is -0.271. The molecule has 2 rings (SSSR count). The lowest BCUT2D eigenvalue weighted by Crippen LogP contribution is -2.33. The van der Waals surface area contributed by atoms with E-state index in [4.69, 9.17) is 4.42 Å². The first-order valence-electron chi connectivity index (χ1n) is 8.23. The highest BCUT2D eigenvalue weighted by Gasteiger charge is 2.45. The molecule has 1 amide bonds. The SMILES string of the molecule is Cc1ccc(C2C(C(=O)C(C)C)=C(O)C(=O)N2CCCN(C)C)o1. The van der Waals surface area contributed by atoms with E-state index in [2.05, 4.69) is 0 Å². The second-order valence-corrected chi connectivity index (χ2v) is 6.79. The summed E-state index contributed by atoms with van der Waals surface area (Å²) >= 11 is 0. The fourth-order valence-corrected chi connectivity index (χ4v) is 2.90. The number of aliphatic hydroxyl groups excluding tert-OH is 1. The van der Waals surface area contributed by atoms with Crippen molar-refractivity contribution >= 4 is 11.7 Å². The number of nitrogens with zero attached hydrogens (tertiary/aromatic N) is 2. The third-order valence-corrected chi connectivity index (χ3v) is 4.13. The second kappa shape index (κ2) is 7.21. The minimum absolute atomic E-state index is 0.147. The standard InChI is InChI=1S/C18H26N2O4/c1-11(2)16(21)14-15(13-8-7-12(3)24-13)20(18(23)17(14)22)10-6-9-19(4)5/h7-8,11,15,22H,6,9-10H2,1-5H3. The molecule has 1 aliphatic heterocycles. The van der Waals surface area contributed by atoms with E-state index < -0.39 is 17.7 Å². The van der Waals surface area contributed by atoms with Gasteiger partial charge in [0.15, 0.2) is 11.5 Å². The Hall–Kier alpha value is -2.08. The monoisotopic (exact) mass is 334 g/mol. The summed E-state index contributed by atoms with van der Waals surface area (Å²) in [6.07, 6.45) is 0.741. The van der Waals surface area contributed by atoms with Crippen LogP contribution in [0.15, 0.2) is 27.9 Å². The first-order chi connectivity index (χ1) is 11.2. The Morgan fingerprint density at radius 1 is 1.38 bits per heavy atom. The van der Waals surface area contributed by atoms with E-state index in [1.807, 2.05) is 25.9 Å². The number of hydrogen-bond donors (Lipinski definition) is 1. The van der Waals surface area contributed by atoms with Gasteiger partial charge in [-0.15, -0.1) is 0 Å². The maximum absolute atomic E-state index is 12.6. The fourth-order valence-electron chi connectivity index (χ4n) is 2.90. The van der Waals surface area contributed by atoms with Gasteiger partial charge in [-0.1, -0.05) is 13.8 Å². The van der Waals surface area contributed by atoms with Gasteiger partial charge < -0.3 is 19.3 Å². The van der Waals surface area contributed by atoms with Crippen molar-refractivity contribution in [3.05, 3.63) is 35.0 Å². The van der Waals surface area contributed by atoms with E-state index in [1.165, 1.54) is 4.90 Å². The zero-order valence-electron chi connectivity index (χ0n) is 15.0. The van der Waals surface area contributed by atoms with E-state index in [1.54, 1.807) is 26.0 Å². The van der Waals surface area contributed by atoms with Gasteiger partial charge in [-0.05, 0) is 46.1 Å². The van der Waals surface area contributed by atoms with Gasteiger partial charge in [0.1, 0.15) is 17.6 Å². The smallest absolute Gasteiger partial charge is 0.290 e. The van der Waals surface area contributed by atoms with Crippen molar-refractivity contribution in [2.45, 2.75) is 33.2 Å². The molecule has 0 bridgehead atoms. The average molecular weight is 334 g/mol. The number of furan rings is 1. The number of hydrogen-bond acceptors (Lipinski definition) is 5. The van der Waals surface area contributed by atoms with Crippen LogP contribution in [-0.4, -0.2) is 53.8 Å². The molecule has 1 atom stereocenters. The summed E-state index contributed by atoms with van der Waals surface area (Å²) in [7, 11) is 3.92. The van der Waals surface area contributed by atoms with Crippen molar-refractivity contribution in [3.8, 4) is 0 Å². The Morgan fingerprint density at radius 3 is 2.54 bits per heavy atom. The average Bonchev–Trinajstić information content (AvgIpc) is 3.02. The molecule has 0 fully saturated rings. The van der Waals surface area contributed by atoms with Gasteiger partial charge in [-0.3, -0.25) is 9.59 Å². The van der Waals surface area contributed by atoms with Gasteiger partial charge in [0.05, 0.1) is 5.57 Å². The molecule has 132 valence electrons. The summed E-state index contributed by atoms with van der Waals surface area (Å²) < 4.78 is 5.68. The molecule has 6 heteroatoms. The van der Waals surface area contributed by atoms with Crippen LogP contribution in [0.25, 0.3) is 0 Å². The number of amides is 1. The highest BCUT2D eigenvalue weighted by molar-refractivity contribution is 6.09. The molecule has 0 radical (unpaired) electrons. The van der Waals surface area contributed by atoms with E-state index >= 15 is 0 Å². The molecule has 1 aliphatic rings. The lowest BCUT2D eigenvalue weighted by Gasteiger charge is -2.25. The van der Waals surface area contributed by atoms with E-state index in [0.29, 0.717) is 18.1 Å². The number of Topliss-reactive ketones (excluding diaryl/α,β-unsaturated/α-hetero) is 1. The number of carbonyl (C=O) groups is 2. The quantitative estimate of drug-likeness (QED) is 0.829. The first-order valence-corrected chi connectivity index (χ1v) is 8.23. The fraction of sp³-hybridized carbons (Fsp3) is 0.556. The predicted octanol–water partition coefficient (Wildman–Crippen LogP) is 2.46.